The maximum atomic E-state index is 13.2. The Morgan fingerprint density at radius 1 is 1.33 bits per heavy atom. The minimum Gasteiger partial charge on any atom is -0.346 e. The Morgan fingerprint density at radius 3 is 2.89 bits per heavy atom. The molecular weight excluding hydrogens is 256 g/mol. The Balaban J connectivity index is 1.88. The minimum atomic E-state index is -2.47. The van der Waals surface area contributed by atoms with Gasteiger partial charge in [-0.05, 0) is 24.5 Å². The van der Waals surface area contributed by atoms with Crippen LogP contribution in [-0.2, 0) is 6.54 Å². The smallest absolute Gasteiger partial charge is 0.248 e. The predicted molar refractivity (Wildman–Crippen MR) is 69.2 cm³/mol. The third kappa shape index (κ3) is 2.12. The van der Waals surface area contributed by atoms with Crippen LogP contribution in [0, 0.1) is 5.92 Å². The molecule has 0 bridgehead atoms. The van der Waals surface area contributed by atoms with Gasteiger partial charge in [-0.2, -0.15) is 0 Å². The molecule has 0 amide bonds. The molecule has 3 rings (SSSR count). The quantitative estimate of drug-likeness (QED) is 0.743. The van der Waals surface area contributed by atoms with E-state index in [1.165, 1.54) is 0 Å². The molecule has 1 aromatic heterocycles. The molecule has 1 aromatic carbocycles. The molecule has 0 N–H and O–H groups in total. The first-order valence-corrected chi connectivity index (χ1v) is 6.54. The van der Waals surface area contributed by atoms with E-state index in [0.717, 1.165) is 10.9 Å². The number of alkyl halides is 2. The van der Waals surface area contributed by atoms with Gasteiger partial charge >= 0.3 is 0 Å². The van der Waals surface area contributed by atoms with Crippen LogP contribution in [0.15, 0.2) is 30.5 Å². The third-order valence-corrected chi connectivity index (χ3v) is 4.00. The van der Waals surface area contributed by atoms with Gasteiger partial charge in [0.2, 0.25) is 5.92 Å². The fourth-order valence-corrected chi connectivity index (χ4v) is 3.13. The van der Waals surface area contributed by atoms with Crippen molar-refractivity contribution in [1.82, 2.24) is 4.57 Å². The maximum Gasteiger partial charge on any atom is 0.248 e. The Kier molecular flexibility index (Phi) is 2.81. The zero-order valence-corrected chi connectivity index (χ0v) is 10.6. The average molecular weight is 270 g/mol. The monoisotopic (exact) mass is 269 g/mol. The van der Waals surface area contributed by atoms with Gasteiger partial charge in [0.25, 0.3) is 0 Å². The summed E-state index contributed by atoms with van der Waals surface area (Å²) < 4.78 is 28.4. The highest BCUT2D eigenvalue weighted by molar-refractivity contribution is 6.35. The van der Waals surface area contributed by atoms with Gasteiger partial charge in [-0.25, -0.2) is 8.78 Å². The van der Waals surface area contributed by atoms with Crippen molar-refractivity contribution >= 4 is 22.5 Å². The van der Waals surface area contributed by atoms with Crippen LogP contribution in [0.25, 0.3) is 10.9 Å². The lowest BCUT2D eigenvalue weighted by Gasteiger charge is -2.13. The first-order valence-electron chi connectivity index (χ1n) is 6.16. The summed E-state index contributed by atoms with van der Waals surface area (Å²) in [6, 6.07) is 7.71. The summed E-state index contributed by atoms with van der Waals surface area (Å²) >= 11 is 6.18. The molecule has 96 valence electrons. The highest BCUT2D eigenvalue weighted by atomic mass is 35.5. The Morgan fingerprint density at radius 2 is 2.17 bits per heavy atom. The van der Waals surface area contributed by atoms with Gasteiger partial charge in [-0.3, -0.25) is 0 Å². The number of aromatic nitrogens is 1. The van der Waals surface area contributed by atoms with E-state index < -0.39 is 5.92 Å². The summed E-state index contributed by atoms with van der Waals surface area (Å²) in [5.41, 5.74) is 0.953. The number of nitrogens with zero attached hydrogens (tertiary/aromatic N) is 1. The largest absolute Gasteiger partial charge is 0.346 e. The number of hydrogen-bond acceptors (Lipinski definition) is 0. The summed E-state index contributed by atoms with van der Waals surface area (Å²) in [7, 11) is 0. The molecule has 1 atom stereocenters. The molecule has 1 nitrogen and oxygen atoms in total. The average Bonchev–Trinajstić information content (AvgIpc) is 2.85. The molecule has 0 spiro atoms. The van der Waals surface area contributed by atoms with Gasteiger partial charge in [-0.1, -0.05) is 23.7 Å². The number of halogens is 3. The van der Waals surface area contributed by atoms with Crippen molar-refractivity contribution in [3.63, 3.8) is 0 Å². The Bertz CT molecular complexity index is 576. The van der Waals surface area contributed by atoms with Crippen molar-refractivity contribution in [3.8, 4) is 0 Å². The highest BCUT2D eigenvalue weighted by Crippen LogP contribution is 2.40. The van der Waals surface area contributed by atoms with Crippen molar-refractivity contribution in [1.29, 1.82) is 0 Å². The third-order valence-electron chi connectivity index (χ3n) is 3.70. The standard InChI is InChI=1S/C14H14ClF2N/c15-12-3-1-2-11-5-7-18(13(11)12)9-10-4-6-14(16,17)8-10/h1-3,5,7,10H,4,6,8-9H2. The van der Waals surface area contributed by atoms with Crippen molar-refractivity contribution in [2.45, 2.75) is 31.7 Å². The lowest BCUT2D eigenvalue weighted by molar-refractivity contribution is 0.00441. The molecule has 1 aliphatic carbocycles. The first-order chi connectivity index (χ1) is 8.55. The molecule has 0 radical (unpaired) electrons. The number of benzene rings is 1. The molecular formula is C14H14ClF2N. The van der Waals surface area contributed by atoms with E-state index in [-0.39, 0.29) is 18.8 Å². The van der Waals surface area contributed by atoms with E-state index >= 15 is 0 Å². The molecule has 1 heterocycles. The molecule has 1 fully saturated rings. The summed E-state index contributed by atoms with van der Waals surface area (Å²) in [5.74, 6) is -2.43. The molecule has 1 aliphatic rings. The Labute approximate surface area is 109 Å². The van der Waals surface area contributed by atoms with Crippen molar-refractivity contribution < 1.29 is 8.78 Å². The minimum absolute atomic E-state index is 0.00285. The van der Waals surface area contributed by atoms with Crippen LogP contribution in [0.3, 0.4) is 0 Å². The summed E-state index contributed by atoms with van der Waals surface area (Å²) in [6.07, 6.45) is 2.55. The van der Waals surface area contributed by atoms with Crippen LogP contribution in [0.4, 0.5) is 8.78 Å². The normalized spacial score (nSPS) is 22.7. The van der Waals surface area contributed by atoms with Crippen molar-refractivity contribution in [3.05, 3.63) is 35.5 Å². The van der Waals surface area contributed by atoms with Crippen LogP contribution >= 0.6 is 11.6 Å². The van der Waals surface area contributed by atoms with Crippen molar-refractivity contribution in [2.75, 3.05) is 0 Å². The lowest BCUT2D eigenvalue weighted by Crippen LogP contribution is -2.12. The second kappa shape index (κ2) is 4.23. The molecule has 18 heavy (non-hydrogen) atoms. The van der Waals surface area contributed by atoms with E-state index in [1.807, 2.05) is 35.0 Å². The van der Waals surface area contributed by atoms with E-state index in [9.17, 15) is 8.78 Å². The van der Waals surface area contributed by atoms with E-state index in [1.54, 1.807) is 0 Å². The van der Waals surface area contributed by atoms with Crippen LogP contribution in [0.5, 0.6) is 0 Å². The molecule has 4 heteroatoms. The second-order valence-corrected chi connectivity index (χ2v) is 5.52. The fraction of sp³-hybridized carbons (Fsp3) is 0.429. The molecule has 0 saturated heterocycles. The SMILES string of the molecule is FC1(F)CCC(Cn2ccc3cccc(Cl)c32)C1. The van der Waals surface area contributed by atoms with Gasteiger partial charge in [0.1, 0.15) is 0 Å². The van der Waals surface area contributed by atoms with E-state index in [0.29, 0.717) is 18.0 Å². The maximum absolute atomic E-state index is 13.2. The van der Waals surface area contributed by atoms with Crippen molar-refractivity contribution in [2.24, 2.45) is 5.92 Å². The molecule has 1 saturated carbocycles. The van der Waals surface area contributed by atoms with Crippen LogP contribution in [0.2, 0.25) is 5.02 Å². The van der Waals surface area contributed by atoms with Gasteiger partial charge in [0.15, 0.2) is 0 Å². The Hall–Kier alpha value is -1.09. The fourth-order valence-electron chi connectivity index (χ4n) is 2.84. The number of hydrogen-bond donors (Lipinski definition) is 0. The number of fused-ring (bicyclic) bond motifs is 1. The van der Waals surface area contributed by atoms with Gasteiger partial charge in [0, 0.05) is 31.0 Å². The topological polar surface area (TPSA) is 4.93 Å². The van der Waals surface area contributed by atoms with E-state index in [4.69, 9.17) is 11.6 Å². The first kappa shape index (κ1) is 12.0. The van der Waals surface area contributed by atoms with Gasteiger partial charge < -0.3 is 4.57 Å². The molecule has 2 aromatic rings. The molecule has 1 unspecified atom stereocenters. The molecule has 0 aliphatic heterocycles. The highest BCUT2D eigenvalue weighted by Gasteiger charge is 2.39. The second-order valence-electron chi connectivity index (χ2n) is 5.11. The van der Waals surface area contributed by atoms with Crippen LogP contribution in [-0.4, -0.2) is 10.5 Å². The number of rotatable bonds is 2. The zero-order chi connectivity index (χ0) is 12.8. The number of para-hydroxylation sites is 1. The summed E-state index contributed by atoms with van der Waals surface area (Å²) in [5, 5.41) is 1.74. The lowest BCUT2D eigenvalue weighted by atomic mass is 10.1. The van der Waals surface area contributed by atoms with Crippen LogP contribution < -0.4 is 0 Å². The predicted octanol–water partition coefficient (Wildman–Crippen LogP) is 4.73. The summed E-state index contributed by atoms with van der Waals surface area (Å²) in [4.78, 5) is 0. The van der Waals surface area contributed by atoms with Gasteiger partial charge in [0.05, 0.1) is 10.5 Å². The van der Waals surface area contributed by atoms with Crippen LogP contribution in [0.1, 0.15) is 19.3 Å². The van der Waals surface area contributed by atoms with E-state index in [2.05, 4.69) is 0 Å². The van der Waals surface area contributed by atoms with Gasteiger partial charge in [-0.15, -0.1) is 0 Å². The zero-order valence-electron chi connectivity index (χ0n) is 9.87. The summed E-state index contributed by atoms with van der Waals surface area (Å²) in [6.45, 7) is 0.628.